The van der Waals surface area contributed by atoms with Crippen LogP contribution in [0.25, 0.3) is 11.1 Å². The normalized spacial score (nSPS) is 17.9. The Kier molecular flexibility index (Phi) is 4.18. The first-order valence-electron chi connectivity index (χ1n) is 9.13. The van der Waals surface area contributed by atoms with Gasteiger partial charge in [0.15, 0.2) is 0 Å². The molecular formula is C20H22N4O2. The molecule has 0 unspecified atom stereocenters. The minimum absolute atomic E-state index is 0.0524. The van der Waals surface area contributed by atoms with Gasteiger partial charge in [-0.1, -0.05) is 13.0 Å². The van der Waals surface area contributed by atoms with E-state index < -0.39 is 5.41 Å². The third kappa shape index (κ3) is 2.66. The second kappa shape index (κ2) is 6.52. The maximum Gasteiger partial charge on any atom is 0.235 e. The largest absolute Gasteiger partial charge is 0.343 e. The summed E-state index contributed by atoms with van der Waals surface area (Å²) < 4.78 is 0. The average molecular weight is 350 g/mol. The number of carbonyl (C=O) groups is 2. The average Bonchev–Trinajstić information content (AvgIpc) is 2.94. The van der Waals surface area contributed by atoms with E-state index in [0.717, 1.165) is 28.8 Å². The number of hydrogen-bond acceptors (Lipinski definition) is 4. The van der Waals surface area contributed by atoms with Gasteiger partial charge in [0, 0.05) is 43.2 Å². The van der Waals surface area contributed by atoms with Gasteiger partial charge in [0.05, 0.1) is 5.41 Å². The molecule has 0 saturated carbocycles. The number of fused-ring (bicyclic) bond motifs is 2. The predicted octanol–water partition coefficient (Wildman–Crippen LogP) is 2.76. The van der Waals surface area contributed by atoms with Crippen molar-refractivity contribution in [3.63, 3.8) is 0 Å². The van der Waals surface area contributed by atoms with Crippen LogP contribution < -0.4 is 5.32 Å². The van der Waals surface area contributed by atoms with Gasteiger partial charge in [-0.3, -0.25) is 9.59 Å². The van der Waals surface area contributed by atoms with Crippen LogP contribution >= 0.6 is 0 Å². The fourth-order valence-electron chi connectivity index (χ4n) is 4.05. The zero-order chi connectivity index (χ0) is 18.1. The quantitative estimate of drug-likeness (QED) is 0.924. The van der Waals surface area contributed by atoms with E-state index in [-0.39, 0.29) is 11.8 Å². The molecular weight excluding hydrogens is 328 g/mol. The monoisotopic (exact) mass is 350 g/mol. The number of amides is 2. The van der Waals surface area contributed by atoms with Crippen LogP contribution in [0.5, 0.6) is 0 Å². The molecule has 2 aromatic rings. The van der Waals surface area contributed by atoms with Gasteiger partial charge in [-0.05, 0) is 42.5 Å². The van der Waals surface area contributed by atoms with Crippen molar-refractivity contribution in [2.45, 2.75) is 38.0 Å². The Morgan fingerprint density at radius 3 is 2.62 bits per heavy atom. The molecule has 2 aliphatic rings. The Balaban J connectivity index is 1.64. The number of nitrogens with zero attached hydrogens (tertiary/aromatic N) is 3. The zero-order valence-electron chi connectivity index (χ0n) is 14.9. The Labute approximate surface area is 152 Å². The minimum Gasteiger partial charge on any atom is -0.343 e. The van der Waals surface area contributed by atoms with Crippen molar-refractivity contribution in [1.29, 1.82) is 0 Å². The van der Waals surface area contributed by atoms with Crippen LogP contribution in [0.15, 0.2) is 36.9 Å². The predicted molar refractivity (Wildman–Crippen MR) is 98.5 cm³/mol. The topological polar surface area (TPSA) is 75.2 Å². The minimum atomic E-state index is -0.538. The molecule has 0 atom stereocenters. The van der Waals surface area contributed by atoms with Gasteiger partial charge in [-0.15, -0.1) is 0 Å². The highest BCUT2D eigenvalue weighted by Crippen LogP contribution is 2.46. The van der Waals surface area contributed by atoms with Crippen molar-refractivity contribution < 1.29 is 9.59 Å². The molecule has 134 valence electrons. The number of anilines is 1. The summed E-state index contributed by atoms with van der Waals surface area (Å²) in [7, 11) is 0. The fourth-order valence-corrected chi connectivity index (χ4v) is 4.05. The van der Waals surface area contributed by atoms with E-state index in [4.69, 9.17) is 0 Å². The number of aromatic nitrogens is 2. The lowest BCUT2D eigenvalue weighted by atomic mass is 9.73. The molecule has 1 N–H and O–H groups in total. The molecule has 3 heterocycles. The van der Waals surface area contributed by atoms with Gasteiger partial charge in [0.25, 0.3) is 0 Å². The Bertz CT molecular complexity index is 842. The molecule has 1 fully saturated rings. The Morgan fingerprint density at radius 2 is 1.92 bits per heavy atom. The summed E-state index contributed by atoms with van der Waals surface area (Å²) in [6, 6.07) is 6.02. The van der Waals surface area contributed by atoms with Gasteiger partial charge < -0.3 is 10.2 Å². The summed E-state index contributed by atoms with van der Waals surface area (Å²) in [6.45, 7) is 3.27. The van der Waals surface area contributed by atoms with Crippen molar-refractivity contribution >= 4 is 17.5 Å². The van der Waals surface area contributed by atoms with Gasteiger partial charge in [-0.25, -0.2) is 9.97 Å². The van der Waals surface area contributed by atoms with Crippen molar-refractivity contribution in [2.24, 2.45) is 0 Å². The van der Waals surface area contributed by atoms with Crippen molar-refractivity contribution in [3.05, 3.63) is 42.5 Å². The number of carbonyl (C=O) groups excluding carboxylic acids is 2. The molecule has 2 aliphatic heterocycles. The number of nitrogens with one attached hydrogen (secondary N) is 1. The van der Waals surface area contributed by atoms with E-state index in [0.29, 0.717) is 32.4 Å². The SMILES string of the molecule is CCCC(=O)N1CCC2(CC1)C(=O)Nc1ccc(-c3cncnc3)cc12. The summed E-state index contributed by atoms with van der Waals surface area (Å²) in [5.74, 6) is 0.243. The fraction of sp³-hybridized carbons (Fsp3) is 0.400. The molecule has 6 heteroatoms. The molecule has 2 amide bonds. The first kappa shape index (κ1) is 16.7. The summed E-state index contributed by atoms with van der Waals surface area (Å²) >= 11 is 0. The lowest BCUT2D eigenvalue weighted by Gasteiger charge is -2.38. The number of likely N-dealkylation sites (tertiary alicyclic amines) is 1. The molecule has 26 heavy (non-hydrogen) atoms. The maximum absolute atomic E-state index is 12.8. The second-order valence-corrected chi connectivity index (χ2v) is 7.05. The first-order valence-corrected chi connectivity index (χ1v) is 9.13. The summed E-state index contributed by atoms with van der Waals surface area (Å²) in [6.07, 6.45) is 7.81. The van der Waals surface area contributed by atoms with Crippen LogP contribution in [0.3, 0.4) is 0 Å². The number of benzene rings is 1. The van der Waals surface area contributed by atoms with E-state index in [2.05, 4.69) is 21.4 Å². The van der Waals surface area contributed by atoms with Crippen LogP contribution in [0.2, 0.25) is 0 Å². The van der Waals surface area contributed by atoms with Crippen LogP contribution in [-0.2, 0) is 15.0 Å². The lowest BCUT2D eigenvalue weighted by molar-refractivity contribution is -0.135. The van der Waals surface area contributed by atoms with E-state index in [1.165, 1.54) is 6.33 Å². The van der Waals surface area contributed by atoms with E-state index in [1.807, 2.05) is 24.0 Å². The third-order valence-electron chi connectivity index (χ3n) is 5.55. The summed E-state index contributed by atoms with van der Waals surface area (Å²) in [5.41, 5.74) is 3.31. The molecule has 1 spiro atoms. The van der Waals surface area contributed by atoms with E-state index >= 15 is 0 Å². The maximum atomic E-state index is 12.8. The van der Waals surface area contributed by atoms with Crippen LogP contribution in [0, 0.1) is 0 Å². The second-order valence-electron chi connectivity index (χ2n) is 7.05. The van der Waals surface area contributed by atoms with Crippen LogP contribution in [-0.4, -0.2) is 39.8 Å². The molecule has 0 radical (unpaired) electrons. The van der Waals surface area contributed by atoms with Crippen LogP contribution in [0.1, 0.15) is 38.2 Å². The highest BCUT2D eigenvalue weighted by atomic mass is 16.2. The highest BCUT2D eigenvalue weighted by molar-refractivity contribution is 6.07. The van der Waals surface area contributed by atoms with Gasteiger partial charge >= 0.3 is 0 Å². The van der Waals surface area contributed by atoms with Gasteiger partial charge in [0.2, 0.25) is 11.8 Å². The molecule has 1 saturated heterocycles. The molecule has 0 bridgehead atoms. The zero-order valence-corrected chi connectivity index (χ0v) is 14.9. The first-order chi connectivity index (χ1) is 12.6. The Hall–Kier alpha value is -2.76. The third-order valence-corrected chi connectivity index (χ3v) is 5.55. The van der Waals surface area contributed by atoms with Crippen molar-refractivity contribution in [2.75, 3.05) is 18.4 Å². The molecule has 4 rings (SSSR count). The van der Waals surface area contributed by atoms with Gasteiger partial charge in [-0.2, -0.15) is 0 Å². The molecule has 0 aliphatic carbocycles. The van der Waals surface area contributed by atoms with Crippen LogP contribution in [0.4, 0.5) is 5.69 Å². The number of hydrogen-bond donors (Lipinski definition) is 1. The lowest BCUT2D eigenvalue weighted by Crippen LogP contribution is -2.48. The molecule has 1 aromatic carbocycles. The number of piperidine rings is 1. The highest BCUT2D eigenvalue weighted by Gasteiger charge is 2.48. The summed E-state index contributed by atoms with van der Waals surface area (Å²) in [4.78, 5) is 35.1. The smallest absolute Gasteiger partial charge is 0.235 e. The Morgan fingerprint density at radius 1 is 1.19 bits per heavy atom. The van der Waals surface area contributed by atoms with E-state index in [1.54, 1.807) is 12.4 Å². The molecule has 1 aromatic heterocycles. The molecule has 6 nitrogen and oxygen atoms in total. The van der Waals surface area contributed by atoms with Crippen molar-refractivity contribution in [3.8, 4) is 11.1 Å². The number of rotatable bonds is 3. The standard InChI is InChI=1S/C20H22N4O2/c1-2-3-18(25)24-8-6-20(7-9-24)16-10-14(15-11-21-13-22-12-15)4-5-17(16)23-19(20)26/h4-5,10-13H,2-3,6-9H2,1H3,(H,23,26). The van der Waals surface area contributed by atoms with E-state index in [9.17, 15) is 9.59 Å². The van der Waals surface area contributed by atoms with Gasteiger partial charge in [0.1, 0.15) is 6.33 Å². The summed E-state index contributed by atoms with van der Waals surface area (Å²) in [5, 5.41) is 3.03. The van der Waals surface area contributed by atoms with Crippen molar-refractivity contribution in [1.82, 2.24) is 14.9 Å².